The van der Waals surface area contributed by atoms with Crippen LogP contribution in [0.25, 0.3) is 16.9 Å². The highest BCUT2D eigenvalue weighted by Crippen LogP contribution is 2.33. The first-order valence-corrected chi connectivity index (χ1v) is 9.39. The fourth-order valence-electron chi connectivity index (χ4n) is 3.00. The van der Waals surface area contributed by atoms with Crippen LogP contribution in [0.1, 0.15) is 15.3 Å². The molecule has 3 rings (SSSR count). The van der Waals surface area contributed by atoms with Gasteiger partial charge < -0.3 is 4.74 Å². The zero-order chi connectivity index (χ0) is 18.7. The van der Waals surface area contributed by atoms with Gasteiger partial charge in [0, 0.05) is 47.3 Å². The summed E-state index contributed by atoms with van der Waals surface area (Å²) in [6.45, 7) is 6.42. The molecule has 26 heavy (non-hydrogen) atoms. The van der Waals surface area contributed by atoms with E-state index in [1.165, 1.54) is 15.8 Å². The van der Waals surface area contributed by atoms with Crippen LogP contribution in [0, 0.1) is 19.7 Å². The monoisotopic (exact) mass is 373 g/mol. The SMILES string of the molecule is COCCN(C)Cc1cn(-c2ccccc2F)nc1-c1cc(C)sc1C. The standard InChI is InChI=1S/C20H24FN3OS/c1-14-11-17(15(2)26-14)20-16(12-23(3)9-10-25-4)13-24(22-20)19-8-6-5-7-18(19)21/h5-8,11,13H,9-10,12H2,1-4H3. The number of methoxy groups -OCH3 is 1. The van der Waals surface area contributed by atoms with Crippen molar-refractivity contribution in [1.29, 1.82) is 0 Å². The number of rotatable bonds is 7. The van der Waals surface area contributed by atoms with Crippen LogP contribution in [0.15, 0.2) is 36.5 Å². The minimum Gasteiger partial charge on any atom is -0.383 e. The van der Waals surface area contributed by atoms with E-state index in [1.807, 2.05) is 12.3 Å². The summed E-state index contributed by atoms with van der Waals surface area (Å²) in [5.74, 6) is -0.279. The Morgan fingerprint density at radius 2 is 2.04 bits per heavy atom. The van der Waals surface area contributed by atoms with Gasteiger partial charge in [0.1, 0.15) is 11.5 Å². The zero-order valence-electron chi connectivity index (χ0n) is 15.6. The second-order valence-electron chi connectivity index (χ2n) is 6.46. The average molecular weight is 373 g/mol. The number of ether oxygens (including phenoxy) is 1. The molecule has 1 aromatic carbocycles. The number of halogens is 1. The Bertz CT molecular complexity index is 887. The fraction of sp³-hybridized carbons (Fsp3) is 0.350. The average Bonchev–Trinajstić information content (AvgIpc) is 3.15. The van der Waals surface area contributed by atoms with Gasteiger partial charge in [-0.2, -0.15) is 5.10 Å². The van der Waals surface area contributed by atoms with Gasteiger partial charge in [0.05, 0.1) is 12.3 Å². The molecule has 0 N–H and O–H groups in total. The van der Waals surface area contributed by atoms with Crippen LogP contribution in [0.3, 0.4) is 0 Å². The third-order valence-corrected chi connectivity index (χ3v) is 5.27. The van der Waals surface area contributed by atoms with Gasteiger partial charge >= 0.3 is 0 Å². The lowest BCUT2D eigenvalue weighted by Gasteiger charge is -2.15. The minimum atomic E-state index is -0.279. The van der Waals surface area contributed by atoms with E-state index < -0.39 is 0 Å². The van der Waals surface area contributed by atoms with Crippen molar-refractivity contribution in [2.75, 3.05) is 27.3 Å². The predicted molar refractivity (Wildman–Crippen MR) is 105 cm³/mol. The van der Waals surface area contributed by atoms with Crippen LogP contribution < -0.4 is 0 Å². The van der Waals surface area contributed by atoms with Gasteiger partial charge in [-0.05, 0) is 39.1 Å². The molecule has 0 aliphatic rings. The molecule has 138 valence electrons. The van der Waals surface area contributed by atoms with E-state index in [4.69, 9.17) is 9.84 Å². The van der Waals surface area contributed by atoms with Crippen molar-refractivity contribution in [1.82, 2.24) is 14.7 Å². The van der Waals surface area contributed by atoms with E-state index in [1.54, 1.807) is 35.3 Å². The number of benzene rings is 1. The van der Waals surface area contributed by atoms with Gasteiger partial charge in [0.2, 0.25) is 0 Å². The number of nitrogens with zero attached hydrogens (tertiary/aromatic N) is 3. The minimum absolute atomic E-state index is 0.279. The first kappa shape index (κ1) is 18.8. The number of aromatic nitrogens is 2. The van der Waals surface area contributed by atoms with E-state index in [-0.39, 0.29) is 5.82 Å². The number of likely N-dealkylation sites (N-methyl/N-ethyl adjacent to an activating group) is 1. The number of thiophene rings is 1. The molecular formula is C20H24FN3OS. The summed E-state index contributed by atoms with van der Waals surface area (Å²) in [5, 5.41) is 4.74. The Kier molecular flexibility index (Phi) is 5.86. The van der Waals surface area contributed by atoms with Crippen LogP contribution in [-0.2, 0) is 11.3 Å². The number of aryl methyl sites for hydroxylation is 2. The normalized spacial score (nSPS) is 11.5. The molecule has 6 heteroatoms. The molecule has 0 atom stereocenters. The van der Waals surface area contributed by atoms with Gasteiger partial charge in [-0.25, -0.2) is 9.07 Å². The van der Waals surface area contributed by atoms with Crippen LogP contribution in [0.4, 0.5) is 4.39 Å². The van der Waals surface area contributed by atoms with Gasteiger partial charge in [-0.15, -0.1) is 11.3 Å². The predicted octanol–water partition coefficient (Wildman–Crippen LogP) is 4.43. The van der Waals surface area contributed by atoms with Gasteiger partial charge in [0.15, 0.2) is 0 Å². The molecule has 0 radical (unpaired) electrons. The molecule has 2 aromatic heterocycles. The molecule has 0 fully saturated rings. The summed E-state index contributed by atoms with van der Waals surface area (Å²) in [6.07, 6.45) is 1.93. The van der Waals surface area contributed by atoms with Crippen molar-refractivity contribution < 1.29 is 9.13 Å². The summed E-state index contributed by atoms with van der Waals surface area (Å²) in [6, 6.07) is 8.88. The zero-order valence-corrected chi connectivity index (χ0v) is 16.4. The van der Waals surface area contributed by atoms with Gasteiger partial charge in [-0.3, -0.25) is 4.90 Å². The van der Waals surface area contributed by atoms with E-state index >= 15 is 0 Å². The molecule has 0 unspecified atom stereocenters. The topological polar surface area (TPSA) is 30.3 Å². The Morgan fingerprint density at radius 1 is 1.27 bits per heavy atom. The molecule has 2 heterocycles. The second kappa shape index (κ2) is 8.12. The molecule has 0 aliphatic heterocycles. The van der Waals surface area contributed by atoms with Gasteiger partial charge in [0.25, 0.3) is 0 Å². The van der Waals surface area contributed by atoms with Crippen molar-refractivity contribution in [2.24, 2.45) is 0 Å². The maximum absolute atomic E-state index is 14.2. The Balaban J connectivity index is 2.03. The highest BCUT2D eigenvalue weighted by atomic mass is 32.1. The van der Waals surface area contributed by atoms with Crippen LogP contribution in [-0.4, -0.2) is 42.0 Å². The van der Waals surface area contributed by atoms with Crippen molar-refractivity contribution in [3.8, 4) is 16.9 Å². The summed E-state index contributed by atoms with van der Waals surface area (Å²) in [4.78, 5) is 4.66. The largest absolute Gasteiger partial charge is 0.383 e. The summed E-state index contributed by atoms with van der Waals surface area (Å²) in [5.41, 5.74) is 3.58. The van der Waals surface area contributed by atoms with Gasteiger partial charge in [-0.1, -0.05) is 12.1 Å². The van der Waals surface area contributed by atoms with Crippen LogP contribution in [0.5, 0.6) is 0 Å². The molecule has 0 spiro atoms. The Morgan fingerprint density at radius 3 is 2.69 bits per heavy atom. The highest BCUT2D eigenvalue weighted by molar-refractivity contribution is 7.12. The van der Waals surface area contributed by atoms with E-state index in [2.05, 4.69) is 31.9 Å². The lowest BCUT2D eigenvalue weighted by atomic mass is 10.1. The van der Waals surface area contributed by atoms with E-state index in [0.717, 1.165) is 29.9 Å². The molecule has 3 aromatic rings. The van der Waals surface area contributed by atoms with Crippen LogP contribution >= 0.6 is 11.3 Å². The van der Waals surface area contributed by atoms with Crippen molar-refractivity contribution in [3.05, 3.63) is 57.7 Å². The quantitative estimate of drug-likeness (QED) is 0.614. The number of hydrogen-bond acceptors (Lipinski definition) is 4. The molecule has 0 saturated heterocycles. The van der Waals surface area contributed by atoms with E-state index in [9.17, 15) is 4.39 Å². The molecular weight excluding hydrogens is 349 g/mol. The maximum atomic E-state index is 14.2. The van der Waals surface area contributed by atoms with Crippen molar-refractivity contribution in [3.63, 3.8) is 0 Å². The summed E-state index contributed by atoms with van der Waals surface area (Å²) < 4.78 is 21.1. The number of para-hydroxylation sites is 1. The molecule has 0 bridgehead atoms. The highest BCUT2D eigenvalue weighted by Gasteiger charge is 2.18. The summed E-state index contributed by atoms with van der Waals surface area (Å²) >= 11 is 1.76. The lowest BCUT2D eigenvalue weighted by molar-refractivity contribution is 0.158. The first-order valence-electron chi connectivity index (χ1n) is 8.58. The first-order chi connectivity index (χ1) is 12.5. The second-order valence-corrected chi connectivity index (χ2v) is 7.92. The van der Waals surface area contributed by atoms with E-state index in [0.29, 0.717) is 12.3 Å². The molecule has 4 nitrogen and oxygen atoms in total. The lowest BCUT2D eigenvalue weighted by Crippen LogP contribution is -2.22. The fourth-order valence-corrected chi connectivity index (χ4v) is 3.92. The van der Waals surface area contributed by atoms with Crippen LogP contribution in [0.2, 0.25) is 0 Å². The smallest absolute Gasteiger partial charge is 0.148 e. The summed E-state index contributed by atoms with van der Waals surface area (Å²) in [7, 11) is 3.75. The number of hydrogen-bond donors (Lipinski definition) is 0. The molecule has 0 aliphatic carbocycles. The maximum Gasteiger partial charge on any atom is 0.148 e. The molecule has 0 saturated carbocycles. The molecule has 0 amide bonds. The third-order valence-electron chi connectivity index (χ3n) is 4.30. The van der Waals surface area contributed by atoms with Crippen molar-refractivity contribution in [2.45, 2.75) is 20.4 Å². The Hall–Kier alpha value is -2.02. The third kappa shape index (κ3) is 4.03. The van der Waals surface area contributed by atoms with Crippen molar-refractivity contribution >= 4 is 11.3 Å². The Labute approximate surface area is 157 Å².